The largest absolute Gasteiger partial charge is 0.543 e. The lowest BCUT2D eigenvalue weighted by molar-refractivity contribution is 0.00742. The summed E-state index contributed by atoms with van der Waals surface area (Å²) in [6, 6.07) is 0. The Morgan fingerprint density at radius 3 is 2.18 bits per heavy atom. The van der Waals surface area contributed by atoms with Crippen LogP contribution in [0.25, 0.3) is 0 Å². The number of carbonyl (C=O) groups is 1. The highest BCUT2D eigenvalue weighted by atomic mass is 79.9. The topological polar surface area (TPSA) is 35.5 Å². The lowest BCUT2D eigenvalue weighted by Gasteiger charge is -2.36. The zero-order valence-electron chi connectivity index (χ0n) is 14.8. The van der Waals surface area contributed by atoms with Gasteiger partial charge in [0.1, 0.15) is 16.2 Å². The van der Waals surface area contributed by atoms with Crippen LogP contribution in [-0.2, 0) is 10.1 Å². The summed E-state index contributed by atoms with van der Waals surface area (Å²) in [6.07, 6.45) is 0. The number of rotatable bonds is 4. The average Bonchev–Trinajstić information content (AvgIpc) is 2.67. The molecule has 3 nitrogen and oxygen atoms in total. The van der Waals surface area contributed by atoms with Crippen LogP contribution in [0.1, 0.15) is 56.8 Å². The van der Waals surface area contributed by atoms with Gasteiger partial charge < -0.3 is 9.16 Å². The highest BCUT2D eigenvalue weighted by Crippen LogP contribution is 2.41. The van der Waals surface area contributed by atoms with Crippen molar-refractivity contribution in [3.8, 4) is 5.75 Å². The van der Waals surface area contributed by atoms with Crippen LogP contribution in [0, 0.1) is 0 Å². The molecule has 0 fully saturated rings. The van der Waals surface area contributed by atoms with Gasteiger partial charge in [-0.25, -0.2) is 4.79 Å². The summed E-state index contributed by atoms with van der Waals surface area (Å²) in [5.41, 5.74) is 0.398. The van der Waals surface area contributed by atoms with Crippen LogP contribution >= 0.6 is 27.3 Å². The summed E-state index contributed by atoms with van der Waals surface area (Å²) < 4.78 is 11.8. The van der Waals surface area contributed by atoms with Gasteiger partial charge in [0.05, 0.1) is 0 Å². The van der Waals surface area contributed by atoms with Crippen molar-refractivity contribution in [2.45, 2.75) is 70.6 Å². The molecule has 0 unspecified atom stereocenters. The zero-order chi connectivity index (χ0) is 17.3. The number of alkyl halides is 1. The molecule has 1 aromatic heterocycles. The number of hydrogen-bond donors (Lipinski definition) is 0. The number of hydrogen-bond acceptors (Lipinski definition) is 4. The Hall–Kier alpha value is -0.333. The van der Waals surface area contributed by atoms with Crippen molar-refractivity contribution >= 4 is 41.6 Å². The molecular formula is C16H27BrO3SSi. The lowest BCUT2D eigenvalue weighted by atomic mass is 10.2. The molecule has 0 amide bonds. The third-order valence-corrected chi connectivity index (χ3v) is 9.63. The van der Waals surface area contributed by atoms with Gasteiger partial charge in [-0.15, -0.1) is 11.3 Å². The van der Waals surface area contributed by atoms with E-state index in [2.05, 4.69) is 49.8 Å². The van der Waals surface area contributed by atoms with Gasteiger partial charge in [0.2, 0.25) is 0 Å². The molecular weight excluding hydrogens is 380 g/mol. The Kier molecular flexibility index (Phi) is 5.96. The first-order chi connectivity index (χ1) is 9.78. The lowest BCUT2D eigenvalue weighted by Crippen LogP contribution is -2.44. The van der Waals surface area contributed by atoms with Crippen LogP contribution in [0.15, 0.2) is 5.38 Å². The molecule has 22 heavy (non-hydrogen) atoms. The second-order valence-electron chi connectivity index (χ2n) is 7.91. The van der Waals surface area contributed by atoms with E-state index in [9.17, 15) is 4.79 Å². The first-order valence-electron chi connectivity index (χ1n) is 7.37. The third kappa shape index (κ3) is 4.83. The monoisotopic (exact) mass is 406 g/mol. The highest BCUT2D eigenvalue weighted by Gasteiger charge is 2.40. The Balaban J connectivity index is 3.09. The number of carbonyl (C=O) groups excluding carboxylic acids is 1. The average molecular weight is 407 g/mol. The molecule has 0 saturated heterocycles. The second-order valence-corrected chi connectivity index (χ2v) is 14.1. The molecule has 126 valence electrons. The summed E-state index contributed by atoms with van der Waals surface area (Å²) in [5.74, 6) is 0.534. The molecule has 0 aliphatic rings. The quantitative estimate of drug-likeness (QED) is 0.350. The predicted octanol–water partition coefficient (Wildman–Crippen LogP) is 5.98. The van der Waals surface area contributed by atoms with Gasteiger partial charge in [-0.2, -0.15) is 0 Å². The number of halogens is 1. The molecule has 0 aromatic carbocycles. The Morgan fingerprint density at radius 2 is 1.77 bits per heavy atom. The normalized spacial score (nSPS) is 13.1. The first kappa shape index (κ1) is 19.7. The van der Waals surface area contributed by atoms with Gasteiger partial charge >= 0.3 is 5.97 Å². The molecule has 0 atom stereocenters. The molecule has 1 rings (SSSR count). The maximum Gasteiger partial charge on any atom is 0.349 e. The molecule has 0 spiro atoms. The standard InChI is InChI=1S/C16H27BrO3SSi/c1-15(2,3)19-14(18)13-11(9-17)12(10-21-13)20-22(7,8)16(4,5)6/h10H,9H2,1-8H3. The van der Waals surface area contributed by atoms with E-state index >= 15 is 0 Å². The van der Waals surface area contributed by atoms with Crippen LogP contribution < -0.4 is 4.43 Å². The van der Waals surface area contributed by atoms with E-state index in [0.29, 0.717) is 10.2 Å². The zero-order valence-corrected chi connectivity index (χ0v) is 18.2. The van der Waals surface area contributed by atoms with E-state index in [0.717, 1.165) is 11.3 Å². The van der Waals surface area contributed by atoms with Gasteiger partial charge in [-0.05, 0) is 38.9 Å². The van der Waals surface area contributed by atoms with Crippen molar-refractivity contribution in [1.29, 1.82) is 0 Å². The summed E-state index contributed by atoms with van der Waals surface area (Å²) in [7, 11) is -1.93. The molecule has 6 heteroatoms. The van der Waals surface area contributed by atoms with Crippen molar-refractivity contribution in [1.82, 2.24) is 0 Å². The van der Waals surface area contributed by atoms with Gasteiger partial charge in [0, 0.05) is 16.3 Å². The smallest absolute Gasteiger partial charge is 0.349 e. The van der Waals surface area contributed by atoms with Crippen molar-refractivity contribution in [3.63, 3.8) is 0 Å². The Labute approximate surface area is 147 Å². The minimum atomic E-state index is -1.93. The summed E-state index contributed by atoms with van der Waals surface area (Å²) >= 11 is 4.87. The molecule has 0 aliphatic heterocycles. The second kappa shape index (κ2) is 6.65. The van der Waals surface area contributed by atoms with Gasteiger partial charge in [0.15, 0.2) is 0 Å². The fraction of sp³-hybridized carbons (Fsp3) is 0.688. The minimum absolute atomic E-state index is 0.116. The highest BCUT2D eigenvalue weighted by molar-refractivity contribution is 9.08. The van der Waals surface area contributed by atoms with E-state index < -0.39 is 13.9 Å². The first-order valence-corrected chi connectivity index (χ1v) is 12.3. The van der Waals surface area contributed by atoms with E-state index in [-0.39, 0.29) is 11.0 Å². The van der Waals surface area contributed by atoms with Gasteiger partial charge in [0.25, 0.3) is 8.32 Å². The fourth-order valence-electron chi connectivity index (χ4n) is 1.50. The van der Waals surface area contributed by atoms with Crippen LogP contribution in [0.4, 0.5) is 0 Å². The van der Waals surface area contributed by atoms with E-state index in [4.69, 9.17) is 9.16 Å². The van der Waals surface area contributed by atoms with Crippen LogP contribution in [0.5, 0.6) is 5.75 Å². The van der Waals surface area contributed by atoms with Crippen LogP contribution in [0.3, 0.4) is 0 Å². The maximum absolute atomic E-state index is 12.3. The van der Waals surface area contributed by atoms with Crippen LogP contribution in [-0.4, -0.2) is 19.9 Å². The van der Waals surface area contributed by atoms with Crippen molar-refractivity contribution in [2.75, 3.05) is 0 Å². The Bertz CT molecular complexity index is 539. The molecule has 1 aromatic rings. The number of esters is 1. The molecule has 0 radical (unpaired) electrons. The van der Waals surface area contributed by atoms with E-state index in [1.165, 1.54) is 11.3 Å². The molecule has 0 bridgehead atoms. The predicted molar refractivity (Wildman–Crippen MR) is 99.9 cm³/mol. The van der Waals surface area contributed by atoms with Crippen molar-refractivity contribution in [2.24, 2.45) is 0 Å². The van der Waals surface area contributed by atoms with Crippen molar-refractivity contribution < 1.29 is 14.0 Å². The molecule has 0 aliphatic carbocycles. The van der Waals surface area contributed by atoms with Crippen molar-refractivity contribution in [3.05, 3.63) is 15.8 Å². The summed E-state index contributed by atoms with van der Waals surface area (Å²) in [4.78, 5) is 13.0. The van der Waals surface area contributed by atoms with E-state index in [1.54, 1.807) is 0 Å². The third-order valence-electron chi connectivity index (χ3n) is 3.74. The maximum atomic E-state index is 12.3. The number of thiophene rings is 1. The molecule has 0 N–H and O–H groups in total. The molecule has 1 heterocycles. The summed E-state index contributed by atoms with van der Waals surface area (Å²) in [6.45, 7) is 16.6. The minimum Gasteiger partial charge on any atom is -0.543 e. The van der Waals surface area contributed by atoms with Gasteiger partial charge in [-0.1, -0.05) is 36.7 Å². The van der Waals surface area contributed by atoms with Crippen LogP contribution in [0.2, 0.25) is 18.1 Å². The van der Waals surface area contributed by atoms with Gasteiger partial charge in [-0.3, -0.25) is 0 Å². The van der Waals surface area contributed by atoms with E-state index in [1.807, 2.05) is 26.2 Å². The summed E-state index contributed by atoms with van der Waals surface area (Å²) in [5, 5.41) is 2.62. The SMILES string of the molecule is CC(C)(C)OC(=O)c1scc(O[Si](C)(C)C(C)(C)C)c1CBr. The fourth-order valence-corrected chi connectivity index (χ4v) is 4.24. The molecule has 0 saturated carbocycles. The number of ether oxygens (including phenoxy) is 1. The Morgan fingerprint density at radius 1 is 1.23 bits per heavy atom.